The van der Waals surface area contributed by atoms with Crippen molar-refractivity contribution in [1.82, 2.24) is 9.88 Å². The smallest absolute Gasteiger partial charge is 0.122 e. The number of aromatic nitrogens is 1. The molecule has 1 saturated heterocycles. The lowest BCUT2D eigenvalue weighted by atomic mass is 10.0. The average Bonchev–Trinajstić information content (AvgIpc) is 3.48. The Bertz CT molecular complexity index is 712. The van der Waals surface area contributed by atoms with Gasteiger partial charge in [-0.1, -0.05) is 24.3 Å². The molecular weight excluding hydrogens is 324 g/mol. The van der Waals surface area contributed by atoms with Crippen LogP contribution in [0.4, 0.5) is 0 Å². The number of ether oxygens (including phenoxy) is 2. The first-order valence-electron chi connectivity index (χ1n) is 9.81. The zero-order chi connectivity index (χ0) is 17.8. The highest BCUT2D eigenvalue weighted by atomic mass is 16.5. The van der Waals surface area contributed by atoms with E-state index in [0.29, 0.717) is 6.61 Å². The molecule has 4 heteroatoms. The largest absolute Gasteiger partial charge is 0.494 e. The third-order valence-corrected chi connectivity index (χ3v) is 5.21. The minimum absolute atomic E-state index is 0.104. The van der Waals surface area contributed by atoms with Gasteiger partial charge >= 0.3 is 0 Å². The zero-order valence-corrected chi connectivity index (χ0v) is 15.6. The number of hydrogen-bond donors (Lipinski definition) is 0. The molecule has 1 aromatic carbocycles. The molecule has 0 N–H and O–H groups in total. The van der Waals surface area contributed by atoms with Crippen LogP contribution in [0, 0.1) is 5.92 Å². The third kappa shape index (κ3) is 4.43. The lowest BCUT2D eigenvalue weighted by Crippen LogP contribution is -2.39. The normalized spacial score (nSPS) is 20.9. The van der Waals surface area contributed by atoms with Crippen molar-refractivity contribution in [3.8, 4) is 5.75 Å². The molecule has 0 spiro atoms. The van der Waals surface area contributed by atoms with E-state index in [1.165, 1.54) is 30.5 Å². The molecule has 1 aromatic heterocycles. The number of pyridine rings is 1. The number of hydrogen-bond acceptors (Lipinski definition) is 4. The van der Waals surface area contributed by atoms with Gasteiger partial charge in [-0.2, -0.15) is 0 Å². The van der Waals surface area contributed by atoms with Crippen LogP contribution in [0.5, 0.6) is 5.75 Å². The summed E-state index contributed by atoms with van der Waals surface area (Å²) in [6.07, 6.45) is 5.73. The lowest BCUT2D eigenvalue weighted by molar-refractivity contribution is -0.0334. The van der Waals surface area contributed by atoms with Crippen LogP contribution in [0.3, 0.4) is 0 Å². The maximum Gasteiger partial charge on any atom is 0.122 e. The van der Waals surface area contributed by atoms with Crippen molar-refractivity contribution in [2.24, 2.45) is 5.92 Å². The van der Waals surface area contributed by atoms with Crippen molar-refractivity contribution in [3.63, 3.8) is 0 Å². The van der Waals surface area contributed by atoms with Gasteiger partial charge in [0.25, 0.3) is 0 Å². The van der Waals surface area contributed by atoms with Crippen LogP contribution in [-0.4, -0.2) is 42.7 Å². The first kappa shape index (κ1) is 17.5. The highest BCUT2D eigenvalue weighted by molar-refractivity contribution is 5.37. The topological polar surface area (TPSA) is 34.6 Å². The molecule has 0 unspecified atom stereocenters. The van der Waals surface area contributed by atoms with Gasteiger partial charge in [-0.15, -0.1) is 0 Å². The molecule has 0 radical (unpaired) electrons. The van der Waals surface area contributed by atoms with Gasteiger partial charge in [0.15, 0.2) is 0 Å². The standard InChI is InChI=1S/C22H28N2O2/c1-2-25-21-6-4-3-5-19(21)13-18-9-10-20(23-14-18)22-16-24(11-12-26-22)15-17-7-8-17/h3-6,9-10,14,17,22H,2,7-8,11-13,15-16H2,1H3/t22-/m0/s1. The molecule has 1 aliphatic heterocycles. The van der Waals surface area contributed by atoms with Crippen molar-refractivity contribution in [3.05, 3.63) is 59.4 Å². The van der Waals surface area contributed by atoms with Crippen LogP contribution in [-0.2, 0) is 11.2 Å². The van der Waals surface area contributed by atoms with Crippen LogP contribution in [0.2, 0.25) is 0 Å². The molecule has 0 amide bonds. The van der Waals surface area contributed by atoms with Crippen molar-refractivity contribution >= 4 is 0 Å². The van der Waals surface area contributed by atoms with Crippen molar-refractivity contribution < 1.29 is 9.47 Å². The van der Waals surface area contributed by atoms with E-state index in [0.717, 1.165) is 43.5 Å². The summed E-state index contributed by atoms with van der Waals surface area (Å²) in [4.78, 5) is 7.25. The van der Waals surface area contributed by atoms with Gasteiger partial charge in [0.1, 0.15) is 11.9 Å². The van der Waals surface area contributed by atoms with Crippen molar-refractivity contribution in [2.45, 2.75) is 32.3 Å². The minimum Gasteiger partial charge on any atom is -0.494 e. The Kier molecular flexibility index (Phi) is 5.51. The summed E-state index contributed by atoms with van der Waals surface area (Å²) in [7, 11) is 0. The third-order valence-electron chi connectivity index (χ3n) is 5.21. The molecule has 4 nitrogen and oxygen atoms in total. The Labute approximate surface area is 156 Å². The molecule has 2 aliphatic rings. The second kappa shape index (κ2) is 8.19. The van der Waals surface area contributed by atoms with Gasteiger partial charge < -0.3 is 9.47 Å². The van der Waals surface area contributed by atoms with E-state index in [1.54, 1.807) is 0 Å². The zero-order valence-electron chi connectivity index (χ0n) is 15.6. The van der Waals surface area contributed by atoms with E-state index in [-0.39, 0.29) is 6.10 Å². The fraction of sp³-hybridized carbons (Fsp3) is 0.500. The summed E-state index contributed by atoms with van der Waals surface area (Å²) in [5.41, 5.74) is 3.45. The molecule has 1 atom stereocenters. The van der Waals surface area contributed by atoms with Gasteiger partial charge in [-0.3, -0.25) is 9.88 Å². The average molecular weight is 352 g/mol. The second-order valence-corrected chi connectivity index (χ2v) is 7.37. The van der Waals surface area contributed by atoms with E-state index in [2.05, 4.69) is 29.2 Å². The predicted octanol–water partition coefficient (Wildman–Crippen LogP) is 3.85. The second-order valence-electron chi connectivity index (χ2n) is 7.37. The van der Waals surface area contributed by atoms with Crippen molar-refractivity contribution in [1.29, 1.82) is 0 Å². The van der Waals surface area contributed by atoms with Crippen LogP contribution in [0.1, 0.15) is 42.7 Å². The molecule has 2 fully saturated rings. The minimum atomic E-state index is 0.104. The Morgan fingerprint density at radius 1 is 1.19 bits per heavy atom. The quantitative estimate of drug-likeness (QED) is 0.758. The molecule has 0 bridgehead atoms. The highest BCUT2D eigenvalue weighted by Crippen LogP contribution is 2.31. The Balaban J connectivity index is 1.40. The molecular formula is C22H28N2O2. The first-order chi connectivity index (χ1) is 12.8. The van der Waals surface area contributed by atoms with E-state index in [9.17, 15) is 0 Å². The number of morpholine rings is 1. The Morgan fingerprint density at radius 3 is 2.85 bits per heavy atom. The molecule has 2 aromatic rings. The lowest BCUT2D eigenvalue weighted by Gasteiger charge is -2.32. The number of para-hydroxylation sites is 1. The van der Waals surface area contributed by atoms with Crippen LogP contribution in [0.15, 0.2) is 42.6 Å². The monoisotopic (exact) mass is 352 g/mol. The predicted molar refractivity (Wildman–Crippen MR) is 103 cm³/mol. The summed E-state index contributed by atoms with van der Waals surface area (Å²) >= 11 is 0. The summed E-state index contributed by atoms with van der Waals surface area (Å²) in [6, 6.07) is 12.5. The molecule has 2 heterocycles. The molecule has 1 aliphatic carbocycles. The van der Waals surface area contributed by atoms with Crippen LogP contribution < -0.4 is 4.74 Å². The van der Waals surface area contributed by atoms with E-state index in [4.69, 9.17) is 14.5 Å². The highest BCUT2D eigenvalue weighted by Gasteiger charge is 2.28. The van der Waals surface area contributed by atoms with Gasteiger partial charge in [0.2, 0.25) is 0 Å². The molecule has 1 saturated carbocycles. The maximum absolute atomic E-state index is 5.98. The molecule has 138 valence electrons. The van der Waals surface area contributed by atoms with Gasteiger partial charge in [-0.05, 0) is 48.9 Å². The molecule has 26 heavy (non-hydrogen) atoms. The number of nitrogens with zero attached hydrogens (tertiary/aromatic N) is 2. The summed E-state index contributed by atoms with van der Waals surface area (Å²) in [6.45, 7) is 6.76. The van der Waals surface area contributed by atoms with E-state index >= 15 is 0 Å². The molecule has 4 rings (SSSR count). The SMILES string of the molecule is CCOc1ccccc1Cc1ccc([C@@H]2CN(CC3CC3)CCO2)nc1. The fourth-order valence-electron chi connectivity index (χ4n) is 3.61. The maximum atomic E-state index is 5.98. The van der Waals surface area contributed by atoms with Gasteiger partial charge in [0, 0.05) is 32.3 Å². The van der Waals surface area contributed by atoms with Gasteiger partial charge in [-0.25, -0.2) is 0 Å². The van der Waals surface area contributed by atoms with E-state index < -0.39 is 0 Å². The summed E-state index contributed by atoms with van der Waals surface area (Å²) in [5, 5.41) is 0. The van der Waals surface area contributed by atoms with Crippen molar-refractivity contribution in [2.75, 3.05) is 32.8 Å². The van der Waals surface area contributed by atoms with E-state index in [1.807, 2.05) is 25.3 Å². The summed E-state index contributed by atoms with van der Waals surface area (Å²) in [5.74, 6) is 1.89. The first-order valence-corrected chi connectivity index (χ1v) is 9.81. The van der Waals surface area contributed by atoms with Gasteiger partial charge in [0.05, 0.1) is 18.9 Å². The Hall–Kier alpha value is -1.91. The van der Waals surface area contributed by atoms with Crippen LogP contribution in [0.25, 0.3) is 0 Å². The number of rotatable bonds is 7. The summed E-state index contributed by atoms with van der Waals surface area (Å²) < 4.78 is 11.7. The van der Waals surface area contributed by atoms with Crippen LogP contribution >= 0.6 is 0 Å². The number of benzene rings is 1. The fourth-order valence-corrected chi connectivity index (χ4v) is 3.61. The Morgan fingerprint density at radius 2 is 2.08 bits per heavy atom.